The Morgan fingerprint density at radius 1 is 0.969 bits per heavy atom. The number of nitrogens with zero attached hydrogens (tertiary/aromatic N) is 4. The number of anilines is 2. The van der Waals surface area contributed by atoms with Crippen LogP contribution in [0.5, 0.6) is 0 Å². The molecule has 3 aromatic rings. The molecule has 0 atom stereocenters. The molecule has 1 N–H and O–H groups in total. The number of amides is 1. The number of carbonyl (C=O) groups is 1. The quantitative estimate of drug-likeness (QED) is 0.641. The van der Waals surface area contributed by atoms with E-state index in [-0.39, 0.29) is 5.92 Å². The molecule has 1 aromatic heterocycles. The summed E-state index contributed by atoms with van der Waals surface area (Å²) < 4.78 is 0. The van der Waals surface area contributed by atoms with Crippen LogP contribution in [-0.2, 0) is 4.79 Å². The van der Waals surface area contributed by atoms with Crippen LogP contribution in [0.2, 0.25) is 5.02 Å². The molecule has 7 heteroatoms. The molecule has 32 heavy (non-hydrogen) atoms. The van der Waals surface area contributed by atoms with Crippen LogP contribution in [0.15, 0.2) is 36.4 Å². The second-order valence-corrected chi connectivity index (χ2v) is 9.52. The third-order valence-corrected chi connectivity index (χ3v) is 7.11. The van der Waals surface area contributed by atoms with E-state index < -0.39 is 0 Å². The molecule has 2 fully saturated rings. The number of piperidine rings is 1. The Morgan fingerprint density at radius 3 is 2.47 bits per heavy atom. The predicted molar refractivity (Wildman–Crippen MR) is 131 cm³/mol. The molecular weight excluding hydrogens is 422 g/mol. The summed E-state index contributed by atoms with van der Waals surface area (Å²) in [5.41, 5.74) is 5.70. The van der Waals surface area contributed by atoms with Crippen LogP contribution in [0, 0.1) is 19.8 Å². The van der Waals surface area contributed by atoms with Gasteiger partial charge in [0, 0.05) is 55.9 Å². The minimum Gasteiger partial charge on any atom is -0.368 e. The second-order valence-electron chi connectivity index (χ2n) is 9.09. The first kappa shape index (κ1) is 21.1. The topological polar surface area (TPSA) is 55.5 Å². The fraction of sp³-hybridized carbons (Fsp3) is 0.440. The largest absolute Gasteiger partial charge is 0.368 e. The lowest BCUT2D eigenvalue weighted by Gasteiger charge is -2.39. The molecule has 2 aliphatic rings. The maximum absolute atomic E-state index is 13.2. The number of rotatable bonds is 3. The van der Waals surface area contributed by atoms with E-state index in [1.165, 1.54) is 16.8 Å². The Balaban J connectivity index is 1.16. The van der Waals surface area contributed by atoms with E-state index >= 15 is 0 Å². The van der Waals surface area contributed by atoms with Crippen LogP contribution >= 0.6 is 11.6 Å². The van der Waals surface area contributed by atoms with Crippen molar-refractivity contribution in [2.75, 3.05) is 49.1 Å². The Hall–Kier alpha value is -2.73. The fourth-order valence-electron chi connectivity index (χ4n) is 4.95. The molecule has 0 unspecified atom stereocenters. The summed E-state index contributed by atoms with van der Waals surface area (Å²) in [6, 6.07) is 12.3. The lowest BCUT2D eigenvalue weighted by Crippen LogP contribution is -2.52. The van der Waals surface area contributed by atoms with E-state index in [0.29, 0.717) is 5.91 Å². The summed E-state index contributed by atoms with van der Waals surface area (Å²) >= 11 is 6.20. The molecule has 3 heterocycles. The molecule has 0 saturated carbocycles. The number of piperazine rings is 1. The first-order valence-corrected chi connectivity index (χ1v) is 11.9. The summed E-state index contributed by atoms with van der Waals surface area (Å²) in [6.45, 7) is 9.16. The Morgan fingerprint density at radius 2 is 1.72 bits per heavy atom. The Kier molecular flexibility index (Phi) is 5.72. The van der Waals surface area contributed by atoms with Crippen LogP contribution in [0.3, 0.4) is 0 Å². The normalized spacial score (nSPS) is 17.9. The number of halogens is 1. The second kappa shape index (κ2) is 8.66. The number of aryl methyl sites for hydroxylation is 2. The highest BCUT2D eigenvalue weighted by Gasteiger charge is 2.31. The standard InChI is InChI=1S/C25H30ClN5O/c1-17-3-6-21-22(15-17)28-25(27-21)31-9-7-19(8-10-31)24(32)30-13-11-29(12-14-30)23-16-20(26)5-4-18(23)2/h3-6,15-16,19H,7-14H2,1-2H3,(H,27,28). The van der Waals surface area contributed by atoms with E-state index in [1.54, 1.807) is 0 Å². The van der Waals surface area contributed by atoms with Gasteiger partial charge in [0.2, 0.25) is 11.9 Å². The minimum absolute atomic E-state index is 0.109. The van der Waals surface area contributed by atoms with Gasteiger partial charge in [-0.05, 0) is 62.1 Å². The third kappa shape index (κ3) is 4.16. The van der Waals surface area contributed by atoms with Gasteiger partial charge < -0.3 is 19.7 Å². The van der Waals surface area contributed by atoms with Gasteiger partial charge in [-0.1, -0.05) is 23.7 Å². The maximum atomic E-state index is 13.2. The van der Waals surface area contributed by atoms with Crippen molar-refractivity contribution in [3.05, 3.63) is 52.5 Å². The first-order chi connectivity index (χ1) is 15.5. The molecular formula is C25H30ClN5O. The van der Waals surface area contributed by atoms with Gasteiger partial charge in [-0.15, -0.1) is 0 Å². The number of aromatic amines is 1. The summed E-state index contributed by atoms with van der Waals surface area (Å²) in [6.07, 6.45) is 1.76. The minimum atomic E-state index is 0.109. The molecule has 2 aromatic carbocycles. The summed E-state index contributed by atoms with van der Waals surface area (Å²) in [7, 11) is 0. The van der Waals surface area contributed by atoms with Gasteiger partial charge in [0.15, 0.2) is 0 Å². The number of nitrogens with one attached hydrogen (secondary N) is 1. The number of fused-ring (bicyclic) bond motifs is 1. The summed E-state index contributed by atoms with van der Waals surface area (Å²) in [5.74, 6) is 1.34. The zero-order valence-corrected chi connectivity index (χ0v) is 19.5. The van der Waals surface area contributed by atoms with Crippen LogP contribution in [-0.4, -0.2) is 60.0 Å². The number of H-pyrrole nitrogens is 1. The highest BCUT2D eigenvalue weighted by atomic mass is 35.5. The molecule has 168 valence electrons. The van der Waals surface area contributed by atoms with Gasteiger partial charge >= 0.3 is 0 Å². The van der Waals surface area contributed by atoms with Crippen molar-refractivity contribution in [2.45, 2.75) is 26.7 Å². The lowest BCUT2D eigenvalue weighted by atomic mass is 9.95. The van der Waals surface area contributed by atoms with E-state index in [0.717, 1.165) is 74.1 Å². The number of benzene rings is 2. The van der Waals surface area contributed by atoms with Crippen molar-refractivity contribution in [1.29, 1.82) is 0 Å². The van der Waals surface area contributed by atoms with Crippen molar-refractivity contribution in [1.82, 2.24) is 14.9 Å². The predicted octanol–water partition coefficient (Wildman–Crippen LogP) is 4.40. The van der Waals surface area contributed by atoms with Crippen LogP contribution in [0.4, 0.5) is 11.6 Å². The molecule has 1 amide bonds. The average Bonchev–Trinajstić information content (AvgIpc) is 3.24. The monoisotopic (exact) mass is 451 g/mol. The summed E-state index contributed by atoms with van der Waals surface area (Å²) in [5, 5.41) is 0.760. The van der Waals surface area contributed by atoms with Crippen molar-refractivity contribution in [3.8, 4) is 0 Å². The van der Waals surface area contributed by atoms with Gasteiger partial charge in [-0.3, -0.25) is 4.79 Å². The number of hydrogen-bond donors (Lipinski definition) is 1. The van der Waals surface area contributed by atoms with Crippen LogP contribution in [0.25, 0.3) is 11.0 Å². The Labute approximate surface area is 194 Å². The molecule has 0 bridgehead atoms. The van der Waals surface area contributed by atoms with Gasteiger partial charge in [-0.2, -0.15) is 0 Å². The summed E-state index contributed by atoms with van der Waals surface area (Å²) in [4.78, 5) is 28.1. The third-order valence-electron chi connectivity index (χ3n) is 6.87. The zero-order valence-electron chi connectivity index (χ0n) is 18.8. The molecule has 5 rings (SSSR count). The molecule has 0 aliphatic carbocycles. The average molecular weight is 452 g/mol. The molecule has 0 radical (unpaired) electrons. The van der Waals surface area contributed by atoms with Crippen LogP contribution < -0.4 is 9.80 Å². The number of hydrogen-bond acceptors (Lipinski definition) is 4. The number of aromatic nitrogens is 2. The van der Waals surface area contributed by atoms with Gasteiger partial charge in [-0.25, -0.2) is 4.98 Å². The van der Waals surface area contributed by atoms with Crippen molar-refractivity contribution < 1.29 is 4.79 Å². The van der Waals surface area contributed by atoms with E-state index in [9.17, 15) is 4.79 Å². The smallest absolute Gasteiger partial charge is 0.225 e. The lowest BCUT2D eigenvalue weighted by molar-refractivity contribution is -0.136. The fourth-order valence-corrected chi connectivity index (χ4v) is 5.11. The van der Waals surface area contributed by atoms with Crippen molar-refractivity contribution in [3.63, 3.8) is 0 Å². The highest BCUT2D eigenvalue weighted by Crippen LogP contribution is 2.28. The SMILES string of the molecule is Cc1ccc2nc(N3CCC(C(=O)N4CCN(c5cc(Cl)ccc5C)CC4)CC3)[nH]c2c1. The zero-order chi connectivity index (χ0) is 22.2. The van der Waals surface area contributed by atoms with Crippen molar-refractivity contribution in [2.24, 2.45) is 5.92 Å². The number of imidazole rings is 1. The van der Waals surface area contributed by atoms with Crippen LogP contribution in [0.1, 0.15) is 24.0 Å². The maximum Gasteiger partial charge on any atom is 0.225 e. The highest BCUT2D eigenvalue weighted by molar-refractivity contribution is 6.30. The van der Waals surface area contributed by atoms with Crippen molar-refractivity contribution >= 4 is 40.2 Å². The number of carbonyl (C=O) groups excluding carboxylic acids is 1. The molecule has 2 saturated heterocycles. The molecule has 0 spiro atoms. The first-order valence-electron chi connectivity index (χ1n) is 11.5. The molecule has 2 aliphatic heterocycles. The van der Waals surface area contributed by atoms with Gasteiger partial charge in [0.1, 0.15) is 0 Å². The molecule has 6 nitrogen and oxygen atoms in total. The van der Waals surface area contributed by atoms with Gasteiger partial charge in [0.25, 0.3) is 0 Å². The van der Waals surface area contributed by atoms with E-state index in [4.69, 9.17) is 16.6 Å². The van der Waals surface area contributed by atoms with E-state index in [2.05, 4.69) is 57.8 Å². The Bertz CT molecular complexity index is 1130. The van der Waals surface area contributed by atoms with Gasteiger partial charge in [0.05, 0.1) is 11.0 Å². The van der Waals surface area contributed by atoms with E-state index in [1.807, 2.05) is 12.1 Å².